The molecule has 1 atom stereocenters. The summed E-state index contributed by atoms with van der Waals surface area (Å²) in [6.07, 6.45) is 3.49. The van der Waals surface area contributed by atoms with Crippen molar-refractivity contribution >= 4 is 15.7 Å². The van der Waals surface area contributed by atoms with Gasteiger partial charge in [0.05, 0.1) is 16.6 Å². The maximum absolute atomic E-state index is 14.3. The summed E-state index contributed by atoms with van der Waals surface area (Å²) in [6.45, 7) is 8.51. The first kappa shape index (κ1) is 24.3. The van der Waals surface area contributed by atoms with Crippen LogP contribution in [0.3, 0.4) is 0 Å². The molecule has 4 rings (SSSR count). The summed E-state index contributed by atoms with van der Waals surface area (Å²) in [6, 6.07) is 14.2. The van der Waals surface area contributed by atoms with Crippen LogP contribution in [0.4, 0.5) is 10.1 Å². The van der Waals surface area contributed by atoms with Gasteiger partial charge in [-0.15, -0.1) is 0 Å². The van der Waals surface area contributed by atoms with Gasteiger partial charge >= 0.3 is 0 Å². The molecule has 0 amide bonds. The number of nitrogens with one attached hydrogen (secondary N) is 1. The number of pyridine rings is 1. The highest BCUT2D eigenvalue weighted by Gasteiger charge is 2.28. The second kappa shape index (κ2) is 10.2. The van der Waals surface area contributed by atoms with Gasteiger partial charge in [-0.1, -0.05) is 35.9 Å². The first-order valence-corrected chi connectivity index (χ1v) is 13.0. The fourth-order valence-electron chi connectivity index (χ4n) is 4.87. The van der Waals surface area contributed by atoms with Crippen LogP contribution in [0.15, 0.2) is 65.8 Å². The van der Waals surface area contributed by atoms with Crippen molar-refractivity contribution in [2.75, 3.05) is 37.6 Å². The van der Waals surface area contributed by atoms with Gasteiger partial charge in [0.1, 0.15) is 5.82 Å². The molecule has 1 fully saturated rings. The third kappa shape index (κ3) is 5.29. The number of hydrogen-bond donors (Lipinski definition) is 1. The van der Waals surface area contributed by atoms with E-state index >= 15 is 0 Å². The minimum atomic E-state index is -3.70. The number of para-hydroxylation sites is 1. The van der Waals surface area contributed by atoms with Crippen LogP contribution in [0.5, 0.6) is 0 Å². The summed E-state index contributed by atoms with van der Waals surface area (Å²) in [5.74, 6) is -0.226. The lowest BCUT2D eigenvalue weighted by atomic mass is 10.1. The second-order valence-corrected chi connectivity index (χ2v) is 10.6. The van der Waals surface area contributed by atoms with Crippen LogP contribution < -0.4 is 9.62 Å². The largest absolute Gasteiger partial charge is 0.367 e. The molecule has 1 aromatic heterocycles. The van der Waals surface area contributed by atoms with Gasteiger partial charge in [-0.3, -0.25) is 9.88 Å². The molecule has 180 valence electrons. The maximum atomic E-state index is 14.3. The molecule has 0 unspecified atom stereocenters. The van der Waals surface area contributed by atoms with Crippen LogP contribution in [0.2, 0.25) is 0 Å². The first-order chi connectivity index (χ1) is 16.3. The number of hydrogen-bond acceptors (Lipinski definition) is 5. The predicted molar refractivity (Wildman–Crippen MR) is 133 cm³/mol. The third-order valence-corrected chi connectivity index (χ3v) is 8.09. The van der Waals surface area contributed by atoms with E-state index in [9.17, 15) is 12.8 Å². The standard InChI is InChI=1S/C26H31FN4O2S/c1-19-15-20(2)26(21(3)16-19)34(32,33)29-18-25(22-7-6-10-28-17-22)31-13-11-30(12-14-31)24-9-5-4-8-23(24)27/h4-10,15-17,25,29H,11-14,18H2,1-3H3/t25-/m0/s1. The molecular formula is C26H31FN4O2S. The van der Waals surface area contributed by atoms with Gasteiger partial charge in [0, 0.05) is 45.1 Å². The van der Waals surface area contributed by atoms with Crippen molar-refractivity contribution in [1.29, 1.82) is 0 Å². The van der Waals surface area contributed by atoms with Crippen LogP contribution in [0.25, 0.3) is 0 Å². The van der Waals surface area contributed by atoms with E-state index in [1.54, 1.807) is 24.5 Å². The summed E-state index contributed by atoms with van der Waals surface area (Å²) in [5.41, 5.74) is 4.06. The van der Waals surface area contributed by atoms with E-state index < -0.39 is 10.0 Å². The number of sulfonamides is 1. The zero-order valence-corrected chi connectivity index (χ0v) is 20.6. The second-order valence-electron chi connectivity index (χ2n) is 8.86. The molecule has 6 nitrogen and oxygen atoms in total. The highest BCUT2D eigenvalue weighted by atomic mass is 32.2. The van der Waals surface area contributed by atoms with Crippen LogP contribution in [0.1, 0.15) is 28.3 Å². The van der Waals surface area contributed by atoms with Crippen LogP contribution in [-0.4, -0.2) is 51.0 Å². The molecule has 0 spiro atoms. The van der Waals surface area contributed by atoms with Crippen LogP contribution in [0, 0.1) is 26.6 Å². The Balaban J connectivity index is 1.53. The number of anilines is 1. The molecule has 1 aliphatic heterocycles. The molecule has 0 aliphatic carbocycles. The summed E-state index contributed by atoms with van der Waals surface area (Å²) in [5, 5.41) is 0. The van der Waals surface area contributed by atoms with Gasteiger partial charge in [0.25, 0.3) is 0 Å². The molecule has 3 aromatic rings. The van der Waals surface area contributed by atoms with Crippen molar-refractivity contribution in [3.8, 4) is 0 Å². The highest BCUT2D eigenvalue weighted by Crippen LogP contribution is 2.27. The molecule has 0 radical (unpaired) electrons. The number of aromatic nitrogens is 1. The van der Waals surface area contributed by atoms with Gasteiger partial charge in [-0.2, -0.15) is 0 Å². The Kier molecular flexibility index (Phi) is 7.30. The van der Waals surface area contributed by atoms with Crippen molar-refractivity contribution < 1.29 is 12.8 Å². The van der Waals surface area contributed by atoms with Crippen molar-refractivity contribution in [2.24, 2.45) is 0 Å². The van der Waals surface area contributed by atoms with Gasteiger partial charge < -0.3 is 4.90 Å². The number of piperazine rings is 1. The lowest BCUT2D eigenvalue weighted by Crippen LogP contribution is -2.50. The van der Waals surface area contributed by atoms with Gasteiger partial charge in [-0.05, 0) is 55.7 Å². The molecule has 1 N–H and O–H groups in total. The molecular weight excluding hydrogens is 451 g/mol. The monoisotopic (exact) mass is 482 g/mol. The van der Waals surface area contributed by atoms with E-state index in [0.29, 0.717) is 36.8 Å². The van der Waals surface area contributed by atoms with Gasteiger partial charge in [0.15, 0.2) is 0 Å². The minimum Gasteiger partial charge on any atom is -0.367 e. The average Bonchev–Trinajstić information content (AvgIpc) is 2.80. The number of halogens is 1. The lowest BCUT2D eigenvalue weighted by molar-refractivity contribution is 0.186. The fourth-order valence-corrected chi connectivity index (χ4v) is 6.35. The quantitative estimate of drug-likeness (QED) is 0.552. The lowest BCUT2D eigenvalue weighted by Gasteiger charge is -2.40. The SMILES string of the molecule is Cc1cc(C)c(S(=O)(=O)NC[C@@H](c2cccnc2)N2CCN(c3ccccc3F)CC2)c(C)c1. The Morgan fingerprint density at radius 2 is 1.68 bits per heavy atom. The Labute approximate surface area is 201 Å². The summed E-state index contributed by atoms with van der Waals surface area (Å²) >= 11 is 0. The topological polar surface area (TPSA) is 65.5 Å². The maximum Gasteiger partial charge on any atom is 0.241 e. The van der Waals surface area contributed by atoms with E-state index in [0.717, 1.165) is 22.3 Å². The van der Waals surface area contributed by atoms with Crippen molar-refractivity contribution in [3.63, 3.8) is 0 Å². The Bertz CT molecular complexity index is 1220. The Morgan fingerprint density at radius 1 is 1.00 bits per heavy atom. The Hall–Kier alpha value is -2.81. The smallest absolute Gasteiger partial charge is 0.241 e. The normalized spacial score (nSPS) is 15.9. The molecule has 8 heteroatoms. The molecule has 0 bridgehead atoms. The van der Waals surface area contributed by atoms with E-state index in [2.05, 4.69) is 14.6 Å². The molecule has 2 aromatic carbocycles. The zero-order valence-electron chi connectivity index (χ0n) is 19.8. The average molecular weight is 483 g/mol. The molecule has 1 saturated heterocycles. The summed E-state index contributed by atoms with van der Waals surface area (Å²) < 4.78 is 43.7. The minimum absolute atomic E-state index is 0.183. The Morgan fingerprint density at radius 3 is 2.29 bits per heavy atom. The number of rotatable bonds is 7. The van der Waals surface area contributed by atoms with Gasteiger partial charge in [-0.25, -0.2) is 17.5 Å². The van der Waals surface area contributed by atoms with Gasteiger partial charge in [0.2, 0.25) is 10.0 Å². The van der Waals surface area contributed by atoms with Crippen molar-refractivity contribution in [1.82, 2.24) is 14.6 Å². The molecule has 1 aliphatic rings. The van der Waals surface area contributed by atoms with E-state index in [4.69, 9.17) is 0 Å². The molecule has 0 saturated carbocycles. The van der Waals surface area contributed by atoms with Crippen LogP contribution in [-0.2, 0) is 10.0 Å². The zero-order chi connectivity index (χ0) is 24.3. The number of nitrogens with zero attached hydrogens (tertiary/aromatic N) is 3. The van der Waals surface area contributed by atoms with E-state index in [1.807, 2.05) is 56.0 Å². The van der Waals surface area contributed by atoms with Crippen molar-refractivity contribution in [2.45, 2.75) is 31.7 Å². The summed E-state index contributed by atoms with van der Waals surface area (Å²) in [7, 11) is -3.70. The first-order valence-electron chi connectivity index (χ1n) is 11.5. The van der Waals surface area contributed by atoms with Crippen molar-refractivity contribution in [3.05, 3.63) is 89.0 Å². The van der Waals surface area contributed by atoms with E-state index in [-0.39, 0.29) is 18.4 Å². The summed E-state index contributed by atoms with van der Waals surface area (Å²) in [4.78, 5) is 8.87. The van der Waals surface area contributed by atoms with E-state index in [1.165, 1.54) is 6.07 Å². The highest BCUT2D eigenvalue weighted by molar-refractivity contribution is 7.89. The number of aryl methyl sites for hydroxylation is 3. The number of benzene rings is 2. The molecule has 34 heavy (non-hydrogen) atoms. The van der Waals surface area contributed by atoms with Crippen LogP contribution >= 0.6 is 0 Å². The predicted octanol–water partition coefficient (Wildman–Crippen LogP) is 3.99. The fraction of sp³-hybridized carbons (Fsp3) is 0.346. The third-order valence-electron chi connectivity index (χ3n) is 6.36. The molecule has 2 heterocycles.